The first-order chi connectivity index (χ1) is 14.5. The summed E-state index contributed by atoms with van der Waals surface area (Å²) < 4.78 is 6.14. The summed E-state index contributed by atoms with van der Waals surface area (Å²) in [5.74, 6) is 0.0356. The molecule has 0 N–H and O–H groups in total. The van der Waals surface area contributed by atoms with E-state index in [1.807, 2.05) is 48.5 Å². The van der Waals surface area contributed by atoms with Crippen molar-refractivity contribution >= 4 is 50.5 Å². The third-order valence-electron chi connectivity index (χ3n) is 4.96. The maximum absolute atomic E-state index is 13.1. The minimum atomic E-state index is -0.398. The second-order valence-electron chi connectivity index (χ2n) is 6.82. The molecule has 2 aliphatic rings. The number of nitrogens with zero attached hydrogens (tertiary/aromatic N) is 3. The Morgan fingerprint density at radius 1 is 1.23 bits per heavy atom. The van der Waals surface area contributed by atoms with E-state index in [4.69, 9.17) is 4.74 Å². The molecule has 30 heavy (non-hydrogen) atoms. The van der Waals surface area contributed by atoms with Crippen LogP contribution in [0.2, 0.25) is 0 Å². The number of thioether (sulfide) groups is 1. The molecule has 4 rings (SSSR count). The van der Waals surface area contributed by atoms with Crippen molar-refractivity contribution in [2.24, 2.45) is 5.10 Å². The molecule has 2 heterocycles. The van der Waals surface area contributed by atoms with Gasteiger partial charge in [-0.3, -0.25) is 19.3 Å². The number of benzene rings is 2. The van der Waals surface area contributed by atoms with Gasteiger partial charge < -0.3 is 4.74 Å². The molecule has 0 aromatic heterocycles. The van der Waals surface area contributed by atoms with Gasteiger partial charge in [0, 0.05) is 10.9 Å². The lowest BCUT2D eigenvalue weighted by atomic mass is 9.98. The topological polar surface area (TPSA) is 79.3 Å². The number of hydrazone groups is 1. The van der Waals surface area contributed by atoms with Crippen molar-refractivity contribution < 1.29 is 19.1 Å². The molecule has 1 atom stereocenters. The van der Waals surface area contributed by atoms with Gasteiger partial charge in [0.15, 0.2) is 0 Å². The second-order valence-corrected chi connectivity index (χ2v) is 8.67. The van der Waals surface area contributed by atoms with Crippen LogP contribution in [-0.2, 0) is 9.59 Å². The zero-order chi connectivity index (χ0) is 21.3. The van der Waals surface area contributed by atoms with Crippen molar-refractivity contribution in [1.29, 1.82) is 0 Å². The van der Waals surface area contributed by atoms with E-state index in [9.17, 15) is 14.4 Å². The van der Waals surface area contributed by atoms with Gasteiger partial charge in [-0.2, -0.15) is 5.10 Å². The summed E-state index contributed by atoms with van der Waals surface area (Å²) >= 11 is 4.38. The second kappa shape index (κ2) is 8.61. The Morgan fingerprint density at radius 3 is 2.63 bits per heavy atom. The molecule has 0 spiro atoms. The average Bonchev–Trinajstić information content (AvgIpc) is 3.33. The third-order valence-corrected chi connectivity index (χ3v) is 6.31. The number of halogens is 1. The lowest BCUT2D eigenvalue weighted by Gasteiger charge is -2.24. The van der Waals surface area contributed by atoms with Gasteiger partial charge in [-0.1, -0.05) is 52.0 Å². The SMILES string of the molecule is COc1ccc(C2CC(c3cccc(Br)c3)=NN2C(=O)CN2C(=O)CSC2=O)cc1. The molecular weight excluding hydrogens is 470 g/mol. The lowest BCUT2D eigenvalue weighted by molar-refractivity contribution is -0.137. The summed E-state index contributed by atoms with van der Waals surface area (Å²) in [6.07, 6.45) is 0.519. The van der Waals surface area contributed by atoms with Crippen LogP contribution in [-0.4, -0.2) is 52.1 Å². The van der Waals surface area contributed by atoms with Crippen LogP contribution in [0.25, 0.3) is 0 Å². The number of imide groups is 1. The van der Waals surface area contributed by atoms with Gasteiger partial charge >= 0.3 is 0 Å². The summed E-state index contributed by atoms with van der Waals surface area (Å²) in [7, 11) is 1.59. The van der Waals surface area contributed by atoms with Gasteiger partial charge in [0.2, 0.25) is 5.91 Å². The minimum absolute atomic E-state index is 0.0700. The number of carbonyl (C=O) groups is 3. The smallest absolute Gasteiger partial charge is 0.289 e. The fraction of sp³-hybridized carbons (Fsp3) is 0.238. The highest BCUT2D eigenvalue weighted by Crippen LogP contribution is 2.34. The number of hydrogen-bond acceptors (Lipinski definition) is 6. The first-order valence-electron chi connectivity index (χ1n) is 9.23. The molecule has 2 aromatic carbocycles. The fourth-order valence-corrected chi connectivity index (χ4v) is 4.53. The molecule has 7 nitrogen and oxygen atoms in total. The summed E-state index contributed by atoms with van der Waals surface area (Å²) in [4.78, 5) is 37.9. The third kappa shape index (κ3) is 4.13. The molecule has 2 aliphatic heterocycles. The average molecular weight is 488 g/mol. The van der Waals surface area contributed by atoms with E-state index in [2.05, 4.69) is 21.0 Å². The summed E-state index contributed by atoms with van der Waals surface area (Å²) in [6.45, 7) is -0.313. The van der Waals surface area contributed by atoms with Crippen molar-refractivity contribution in [3.05, 3.63) is 64.1 Å². The molecule has 9 heteroatoms. The number of hydrogen-bond donors (Lipinski definition) is 0. The molecular formula is C21H18BrN3O4S. The van der Waals surface area contributed by atoms with E-state index < -0.39 is 11.1 Å². The van der Waals surface area contributed by atoms with E-state index in [-0.39, 0.29) is 24.2 Å². The monoisotopic (exact) mass is 487 g/mol. The predicted molar refractivity (Wildman–Crippen MR) is 117 cm³/mol. The Hall–Kier alpha value is -2.65. The molecule has 154 valence electrons. The number of carbonyl (C=O) groups excluding carboxylic acids is 3. The Kier molecular flexibility index (Phi) is 5.92. The van der Waals surface area contributed by atoms with Crippen LogP contribution in [0.3, 0.4) is 0 Å². The molecule has 1 unspecified atom stereocenters. The van der Waals surface area contributed by atoms with Crippen LogP contribution in [0, 0.1) is 0 Å². The minimum Gasteiger partial charge on any atom is -0.497 e. The predicted octanol–water partition coefficient (Wildman–Crippen LogP) is 3.83. The maximum Gasteiger partial charge on any atom is 0.289 e. The van der Waals surface area contributed by atoms with Crippen LogP contribution in [0.15, 0.2) is 58.1 Å². The van der Waals surface area contributed by atoms with Gasteiger partial charge in [0.25, 0.3) is 11.1 Å². The van der Waals surface area contributed by atoms with Crippen LogP contribution < -0.4 is 4.74 Å². The molecule has 3 amide bonds. The van der Waals surface area contributed by atoms with E-state index in [1.165, 1.54) is 5.01 Å². The van der Waals surface area contributed by atoms with Gasteiger partial charge in [0.05, 0.1) is 24.6 Å². The number of amides is 3. The normalized spacial score (nSPS) is 18.7. The van der Waals surface area contributed by atoms with E-state index >= 15 is 0 Å². The summed E-state index contributed by atoms with van der Waals surface area (Å²) in [5, 5.41) is 5.58. The molecule has 2 aromatic rings. The Morgan fingerprint density at radius 2 is 2.00 bits per heavy atom. The molecule has 0 aliphatic carbocycles. The van der Waals surface area contributed by atoms with Gasteiger partial charge in [0.1, 0.15) is 12.3 Å². The fourth-order valence-electron chi connectivity index (χ4n) is 3.41. The van der Waals surface area contributed by atoms with Crippen LogP contribution in [0.5, 0.6) is 5.75 Å². The lowest BCUT2D eigenvalue weighted by Crippen LogP contribution is -2.40. The van der Waals surface area contributed by atoms with E-state index in [1.54, 1.807) is 7.11 Å². The Balaban J connectivity index is 1.64. The quantitative estimate of drug-likeness (QED) is 0.640. The van der Waals surface area contributed by atoms with E-state index in [0.717, 1.165) is 38.0 Å². The Labute approximate surface area is 186 Å². The highest BCUT2D eigenvalue weighted by atomic mass is 79.9. The van der Waals surface area contributed by atoms with Crippen LogP contribution >= 0.6 is 27.7 Å². The van der Waals surface area contributed by atoms with Crippen molar-refractivity contribution in [1.82, 2.24) is 9.91 Å². The standard InChI is InChI=1S/C21H18BrN3O4S/c1-29-16-7-5-13(6-8-16)18-10-17(14-3-2-4-15(22)9-14)23-25(18)19(26)11-24-20(27)12-30-21(24)28/h2-9,18H,10-12H2,1H3. The van der Waals surface area contributed by atoms with E-state index in [0.29, 0.717) is 12.2 Å². The highest BCUT2D eigenvalue weighted by molar-refractivity contribution is 9.10. The molecule has 1 fully saturated rings. The van der Waals surface area contributed by atoms with Crippen molar-refractivity contribution in [2.45, 2.75) is 12.5 Å². The van der Waals surface area contributed by atoms with Crippen LogP contribution in [0.4, 0.5) is 4.79 Å². The first kappa shape index (κ1) is 20.6. The number of ether oxygens (including phenoxy) is 1. The number of rotatable bonds is 5. The highest BCUT2D eigenvalue weighted by Gasteiger charge is 2.37. The van der Waals surface area contributed by atoms with Gasteiger partial charge in [-0.05, 0) is 35.4 Å². The van der Waals surface area contributed by atoms with Crippen molar-refractivity contribution in [3.8, 4) is 5.75 Å². The zero-order valence-corrected chi connectivity index (χ0v) is 18.5. The van der Waals surface area contributed by atoms with Crippen molar-refractivity contribution in [2.75, 3.05) is 19.4 Å². The van der Waals surface area contributed by atoms with Gasteiger partial charge in [-0.25, -0.2) is 5.01 Å². The molecule has 1 saturated heterocycles. The van der Waals surface area contributed by atoms with Gasteiger partial charge in [-0.15, -0.1) is 0 Å². The largest absolute Gasteiger partial charge is 0.497 e. The van der Waals surface area contributed by atoms with Crippen LogP contribution in [0.1, 0.15) is 23.6 Å². The Bertz CT molecular complexity index is 1020. The maximum atomic E-state index is 13.1. The summed E-state index contributed by atoms with van der Waals surface area (Å²) in [5.41, 5.74) is 2.56. The number of methoxy groups -OCH3 is 1. The first-order valence-corrected chi connectivity index (χ1v) is 11.0. The van der Waals surface area contributed by atoms with Crippen molar-refractivity contribution in [3.63, 3.8) is 0 Å². The summed E-state index contributed by atoms with van der Waals surface area (Å²) in [6, 6.07) is 14.8. The zero-order valence-electron chi connectivity index (χ0n) is 16.1. The molecule has 0 radical (unpaired) electrons. The molecule has 0 saturated carbocycles. The molecule has 0 bridgehead atoms.